The third kappa shape index (κ3) is 3.04. The Morgan fingerprint density at radius 3 is 2.82 bits per heavy atom. The first-order valence-electron chi connectivity index (χ1n) is 5.42. The number of nitrogens with one attached hydrogen (secondary N) is 1. The SMILES string of the molecule is O=C(O)c1ccc(NC(=O)C2CCCCO2)s1. The lowest BCUT2D eigenvalue weighted by Gasteiger charge is -2.21. The maximum atomic E-state index is 11.8. The first-order valence-corrected chi connectivity index (χ1v) is 6.24. The van der Waals surface area contributed by atoms with Crippen molar-refractivity contribution < 1.29 is 19.4 Å². The highest BCUT2D eigenvalue weighted by atomic mass is 32.1. The summed E-state index contributed by atoms with van der Waals surface area (Å²) in [5.74, 6) is -1.17. The van der Waals surface area contributed by atoms with Gasteiger partial charge in [-0.3, -0.25) is 4.79 Å². The van der Waals surface area contributed by atoms with E-state index >= 15 is 0 Å². The summed E-state index contributed by atoms with van der Waals surface area (Å²) in [4.78, 5) is 22.7. The Kier molecular flexibility index (Phi) is 3.75. The summed E-state index contributed by atoms with van der Waals surface area (Å²) in [7, 11) is 0. The number of anilines is 1. The quantitative estimate of drug-likeness (QED) is 0.865. The van der Waals surface area contributed by atoms with E-state index in [4.69, 9.17) is 9.84 Å². The molecule has 1 amide bonds. The van der Waals surface area contributed by atoms with Crippen molar-refractivity contribution in [1.82, 2.24) is 0 Å². The van der Waals surface area contributed by atoms with Crippen LogP contribution < -0.4 is 5.32 Å². The average molecular weight is 255 g/mol. The first kappa shape index (κ1) is 12.1. The van der Waals surface area contributed by atoms with E-state index in [1.807, 2.05) is 0 Å². The highest BCUT2D eigenvalue weighted by Crippen LogP contribution is 2.23. The summed E-state index contributed by atoms with van der Waals surface area (Å²) in [6, 6.07) is 3.07. The lowest BCUT2D eigenvalue weighted by Crippen LogP contribution is -2.32. The molecular formula is C11H13NO4S. The minimum Gasteiger partial charge on any atom is -0.477 e. The number of hydrogen-bond donors (Lipinski definition) is 2. The number of carbonyl (C=O) groups is 2. The van der Waals surface area contributed by atoms with Crippen molar-refractivity contribution in [3.05, 3.63) is 17.0 Å². The van der Waals surface area contributed by atoms with Crippen LogP contribution in [0.3, 0.4) is 0 Å². The van der Waals surface area contributed by atoms with Crippen molar-refractivity contribution in [2.45, 2.75) is 25.4 Å². The Balaban J connectivity index is 1.94. The van der Waals surface area contributed by atoms with Gasteiger partial charge in [0.15, 0.2) is 0 Å². The fourth-order valence-electron chi connectivity index (χ4n) is 1.67. The van der Waals surface area contributed by atoms with Crippen LogP contribution >= 0.6 is 11.3 Å². The van der Waals surface area contributed by atoms with E-state index in [9.17, 15) is 9.59 Å². The number of ether oxygens (including phenoxy) is 1. The fourth-order valence-corrected chi connectivity index (χ4v) is 2.42. The Labute approximate surface area is 102 Å². The van der Waals surface area contributed by atoms with E-state index < -0.39 is 12.1 Å². The van der Waals surface area contributed by atoms with Crippen LogP contribution in [0.2, 0.25) is 0 Å². The summed E-state index contributed by atoms with van der Waals surface area (Å²) < 4.78 is 5.34. The molecule has 1 unspecified atom stereocenters. The Bertz CT molecular complexity index is 423. The molecule has 0 radical (unpaired) electrons. The number of carboxylic acid groups (broad SMARTS) is 1. The van der Waals surface area contributed by atoms with Crippen LogP contribution in [0, 0.1) is 0 Å². The van der Waals surface area contributed by atoms with Crippen LogP contribution in [0.15, 0.2) is 12.1 Å². The molecule has 5 nitrogen and oxygen atoms in total. The Morgan fingerprint density at radius 1 is 1.41 bits per heavy atom. The zero-order valence-corrected chi connectivity index (χ0v) is 9.96. The van der Waals surface area contributed by atoms with Crippen molar-refractivity contribution >= 4 is 28.2 Å². The van der Waals surface area contributed by atoms with Gasteiger partial charge in [0.1, 0.15) is 11.0 Å². The van der Waals surface area contributed by atoms with Crippen LogP contribution in [0.5, 0.6) is 0 Å². The highest BCUT2D eigenvalue weighted by Gasteiger charge is 2.22. The van der Waals surface area contributed by atoms with Gasteiger partial charge in [-0.05, 0) is 31.4 Å². The molecule has 17 heavy (non-hydrogen) atoms. The molecule has 0 spiro atoms. The van der Waals surface area contributed by atoms with Gasteiger partial charge in [0.2, 0.25) is 0 Å². The molecule has 2 N–H and O–H groups in total. The summed E-state index contributed by atoms with van der Waals surface area (Å²) in [6.45, 7) is 0.614. The molecule has 1 aromatic rings. The second kappa shape index (κ2) is 5.29. The Morgan fingerprint density at radius 2 is 2.24 bits per heavy atom. The summed E-state index contributed by atoms with van der Waals surface area (Å²) in [5, 5.41) is 12.0. The van der Waals surface area contributed by atoms with E-state index in [2.05, 4.69) is 5.32 Å². The van der Waals surface area contributed by atoms with E-state index in [-0.39, 0.29) is 10.8 Å². The standard InChI is InChI=1S/C11H13NO4S/c13-10(7-3-1-2-6-16-7)12-9-5-4-8(17-9)11(14)15/h4-5,7H,1-3,6H2,(H,12,13)(H,14,15). The molecule has 1 saturated heterocycles. The van der Waals surface area contributed by atoms with Gasteiger partial charge in [0, 0.05) is 6.61 Å². The third-order valence-electron chi connectivity index (χ3n) is 2.54. The molecule has 1 aromatic heterocycles. The molecule has 1 aliphatic heterocycles. The van der Waals surface area contributed by atoms with Crippen LogP contribution in [0.4, 0.5) is 5.00 Å². The smallest absolute Gasteiger partial charge is 0.345 e. The highest BCUT2D eigenvalue weighted by molar-refractivity contribution is 7.18. The number of carbonyl (C=O) groups excluding carboxylic acids is 1. The molecule has 2 rings (SSSR count). The molecule has 6 heteroatoms. The molecule has 0 aliphatic carbocycles. The van der Waals surface area contributed by atoms with Crippen molar-refractivity contribution in [2.24, 2.45) is 0 Å². The van der Waals surface area contributed by atoms with Crippen LogP contribution in [0.1, 0.15) is 28.9 Å². The number of aromatic carboxylic acids is 1. The molecule has 1 fully saturated rings. The number of thiophene rings is 1. The third-order valence-corrected chi connectivity index (χ3v) is 3.52. The average Bonchev–Trinajstić information content (AvgIpc) is 2.79. The van der Waals surface area contributed by atoms with Crippen molar-refractivity contribution in [1.29, 1.82) is 0 Å². The molecule has 0 saturated carbocycles. The molecule has 1 atom stereocenters. The largest absolute Gasteiger partial charge is 0.477 e. The molecular weight excluding hydrogens is 242 g/mol. The zero-order chi connectivity index (χ0) is 12.3. The second-order valence-corrected chi connectivity index (χ2v) is 4.90. The predicted octanol–water partition coefficient (Wildman–Crippen LogP) is 1.95. The normalized spacial score (nSPS) is 19.9. The lowest BCUT2D eigenvalue weighted by molar-refractivity contribution is -0.129. The monoisotopic (exact) mass is 255 g/mol. The molecule has 0 aromatic carbocycles. The van der Waals surface area contributed by atoms with Crippen LogP contribution in [-0.2, 0) is 9.53 Å². The second-order valence-electron chi connectivity index (χ2n) is 3.81. The van der Waals surface area contributed by atoms with Crippen LogP contribution in [-0.4, -0.2) is 29.7 Å². The van der Waals surface area contributed by atoms with E-state index in [1.165, 1.54) is 6.07 Å². The van der Waals surface area contributed by atoms with Gasteiger partial charge in [0.25, 0.3) is 5.91 Å². The molecule has 92 valence electrons. The summed E-state index contributed by atoms with van der Waals surface area (Å²) >= 11 is 1.05. The van der Waals surface area contributed by atoms with Gasteiger partial charge in [-0.1, -0.05) is 0 Å². The van der Waals surface area contributed by atoms with Crippen molar-refractivity contribution in [2.75, 3.05) is 11.9 Å². The number of hydrogen-bond acceptors (Lipinski definition) is 4. The topological polar surface area (TPSA) is 75.6 Å². The number of carboxylic acids is 1. The van der Waals surface area contributed by atoms with Gasteiger partial charge in [-0.15, -0.1) is 11.3 Å². The minimum absolute atomic E-state index is 0.191. The summed E-state index contributed by atoms with van der Waals surface area (Å²) in [6.07, 6.45) is 2.30. The lowest BCUT2D eigenvalue weighted by atomic mass is 10.1. The Hall–Kier alpha value is -1.40. The van der Waals surface area contributed by atoms with Gasteiger partial charge in [0.05, 0.1) is 5.00 Å². The van der Waals surface area contributed by atoms with Gasteiger partial charge >= 0.3 is 5.97 Å². The summed E-state index contributed by atoms with van der Waals surface area (Å²) in [5.41, 5.74) is 0. The number of amides is 1. The van der Waals surface area contributed by atoms with E-state index in [1.54, 1.807) is 6.07 Å². The van der Waals surface area contributed by atoms with Crippen molar-refractivity contribution in [3.8, 4) is 0 Å². The minimum atomic E-state index is -0.982. The maximum absolute atomic E-state index is 11.8. The van der Waals surface area contributed by atoms with E-state index in [0.29, 0.717) is 11.6 Å². The first-order chi connectivity index (χ1) is 8.16. The van der Waals surface area contributed by atoms with Crippen LogP contribution in [0.25, 0.3) is 0 Å². The fraction of sp³-hybridized carbons (Fsp3) is 0.455. The molecule has 2 heterocycles. The van der Waals surface area contributed by atoms with Gasteiger partial charge in [-0.25, -0.2) is 4.79 Å². The molecule has 0 bridgehead atoms. The maximum Gasteiger partial charge on any atom is 0.345 e. The van der Waals surface area contributed by atoms with Gasteiger partial charge < -0.3 is 15.2 Å². The molecule has 1 aliphatic rings. The van der Waals surface area contributed by atoms with E-state index in [0.717, 1.165) is 30.6 Å². The van der Waals surface area contributed by atoms with Crippen molar-refractivity contribution in [3.63, 3.8) is 0 Å². The predicted molar refractivity (Wildman–Crippen MR) is 63.5 cm³/mol. The van der Waals surface area contributed by atoms with Gasteiger partial charge in [-0.2, -0.15) is 0 Å². The zero-order valence-electron chi connectivity index (χ0n) is 9.14. The number of rotatable bonds is 3.